The van der Waals surface area contributed by atoms with Crippen molar-refractivity contribution in [2.75, 3.05) is 6.61 Å². The Morgan fingerprint density at radius 2 is 1.85 bits per heavy atom. The molecule has 7 nitrogen and oxygen atoms in total. The van der Waals surface area contributed by atoms with Crippen LogP contribution in [0.15, 0.2) is 52.3 Å². The summed E-state index contributed by atoms with van der Waals surface area (Å²) in [6.07, 6.45) is 3.17. The third kappa shape index (κ3) is 4.73. The molecule has 4 heterocycles. The van der Waals surface area contributed by atoms with Gasteiger partial charge in [0.2, 0.25) is 0 Å². The molecule has 0 radical (unpaired) electrons. The fraction of sp³-hybridized carbons (Fsp3) is 0.379. The van der Waals surface area contributed by atoms with E-state index in [-0.39, 0.29) is 51.8 Å². The van der Waals surface area contributed by atoms with E-state index in [9.17, 15) is 18.4 Å². The zero-order valence-electron chi connectivity index (χ0n) is 21.8. The molecule has 11 heteroatoms. The summed E-state index contributed by atoms with van der Waals surface area (Å²) in [6, 6.07) is 6.76. The molecule has 2 aliphatic rings. The molecule has 1 aromatic carbocycles. The number of rotatable bonds is 4. The second kappa shape index (κ2) is 9.85. The smallest absolute Gasteiger partial charge is 0.261 e. The molecule has 40 heavy (non-hydrogen) atoms. The lowest BCUT2D eigenvalue weighted by Crippen LogP contribution is -2.41. The molecule has 6 rings (SSSR count). The summed E-state index contributed by atoms with van der Waals surface area (Å²) in [5.41, 5.74) is 2.33. The topological polar surface area (TPSA) is 78.5 Å². The maximum absolute atomic E-state index is 15.1. The lowest BCUT2D eigenvalue weighted by Gasteiger charge is -2.36. The number of aryl methyl sites for hydroxylation is 1. The standard InChI is InChI=1S/C29H26ClF3N4O3/c1-15-16(2)34-27-26(21-5-4-19(30)10-22(21)31)35-23(14-37(27)28(15)39)17-7-8-40-24(9-17)18-3-6-25(38)36(13-18)20-11-29(32,33)12-20/h3-6,10,13-14,17,20,24H,7-9,11-12H2,1-2H3/t17-,24+/m0/s1. The van der Waals surface area contributed by atoms with E-state index in [4.69, 9.17) is 21.3 Å². The Hall–Kier alpha value is -3.50. The number of nitrogens with zero attached hydrogens (tertiary/aromatic N) is 4. The van der Waals surface area contributed by atoms with Gasteiger partial charge in [0.1, 0.15) is 11.5 Å². The van der Waals surface area contributed by atoms with Gasteiger partial charge in [-0.15, -0.1) is 0 Å². The molecule has 0 N–H and O–H groups in total. The first-order valence-corrected chi connectivity index (χ1v) is 13.5. The number of halogens is 4. The van der Waals surface area contributed by atoms with E-state index in [0.29, 0.717) is 42.0 Å². The molecule has 3 aromatic heterocycles. The number of pyridine rings is 1. The Kier molecular flexibility index (Phi) is 6.58. The molecule has 1 saturated heterocycles. The maximum atomic E-state index is 15.1. The molecule has 4 aromatic rings. The van der Waals surface area contributed by atoms with Crippen molar-refractivity contribution in [2.45, 2.75) is 63.5 Å². The van der Waals surface area contributed by atoms with Gasteiger partial charge in [-0.3, -0.25) is 14.0 Å². The molecule has 0 spiro atoms. The average Bonchev–Trinajstić information content (AvgIpc) is 2.91. The van der Waals surface area contributed by atoms with Crippen LogP contribution < -0.4 is 11.1 Å². The number of benzene rings is 1. The summed E-state index contributed by atoms with van der Waals surface area (Å²) in [6.45, 7) is 3.79. The summed E-state index contributed by atoms with van der Waals surface area (Å²) < 4.78 is 50.9. The molecule has 2 fully saturated rings. The SMILES string of the molecule is Cc1nc2c(-c3ccc(Cl)cc3F)nc([C@H]3CCO[C@@H](c4ccc(=O)n(C5CC(F)(F)C5)c4)C3)cn2c(=O)c1C. The Labute approximate surface area is 232 Å². The highest BCUT2D eigenvalue weighted by Crippen LogP contribution is 2.45. The molecular weight excluding hydrogens is 545 g/mol. The van der Waals surface area contributed by atoms with Gasteiger partial charge >= 0.3 is 0 Å². The van der Waals surface area contributed by atoms with E-state index >= 15 is 4.39 Å². The zero-order valence-corrected chi connectivity index (χ0v) is 22.6. The molecule has 0 unspecified atom stereocenters. The van der Waals surface area contributed by atoms with Gasteiger partial charge < -0.3 is 9.30 Å². The van der Waals surface area contributed by atoms with Gasteiger partial charge in [-0.05, 0) is 56.5 Å². The van der Waals surface area contributed by atoms with Crippen molar-refractivity contribution in [2.24, 2.45) is 0 Å². The van der Waals surface area contributed by atoms with Crippen LogP contribution in [0.2, 0.25) is 5.02 Å². The van der Waals surface area contributed by atoms with Crippen molar-refractivity contribution in [3.8, 4) is 11.3 Å². The van der Waals surface area contributed by atoms with Crippen molar-refractivity contribution in [1.82, 2.24) is 18.9 Å². The predicted octanol–water partition coefficient (Wildman–Crippen LogP) is 5.93. The first-order chi connectivity index (χ1) is 19.0. The minimum atomic E-state index is -2.75. The van der Waals surface area contributed by atoms with E-state index in [1.54, 1.807) is 38.4 Å². The van der Waals surface area contributed by atoms with Gasteiger partial charge in [0.05, 0.1) is 11.8 Å². The summed E-state index contributed by atoms with van der Waals surface area (Å²) in [5.74, 6) is -3.50. The molecule has 0 bridgehead atoms. The van der Waals surface area contributed by atoms with E-state index in [1.807, 2.05) is 0 Å². The van der Waals surface area contributed by atoms with Gasteiger partial charge in [-0.2, -0.15) is 0 Å². The molecule has 1 aliphatic carbocycles. The Morgan fingerprint density at radius 3 is 2.58 bits per heavy atom. The van der Waals surface area contributed by atoms with E-state index in [0.717, 1.165) is 0 Å². The summed E-state index contributed by atoms with van der Waals surface area (Å²) in [4.78, 5) is 35.1. The summed E-state index contributed by atoms with van der Waals surface area (Å²) in [5, 5.41) is 0.234. The zero-order chi connectivity index (χ0) is 28.3. The first kappa shape index (κ1) is 26.7. The van der Waals surface area contributed by atoms with E-state index in [1.165, 1.54) is 27.2 Å². The van der Waals surface area contributed by atoms with Crippen LogP contribution >= 0.6 is 11.6 Å². The quantitative estimate of drug-likeness (QED) is 0.304. The lowest BCUT2D eigenvalue weighted by molar-refractivity contribution is -0.105. The first-order valence-electron chi connectivity index (χ1n) is 13.1. The normalized spacial score (nSPS) is 20.9. The minimum absolute atomic E-state index is 0.167. The molecule has 1 aliphatic heterocycles. The van der Waals surface area contributed by atoms with Crippen LogP contribution in [0.1, 0.15) is 66.3 Å². The highest BCUT2D eigenvalue weighted by molar-refractivity contribution is 6.30. The summed E-state index contributed by atoms with van der Waals surface area (Å²) >= 11 is 5.98. The Balaban J connectivity index is 1.40. The number of hydrogen-bond donors (Lipinski definition) is 0. The third-order valence-corrected chi connectivity index (χ3v) is 8.22. The van der Waals surface area contributed by atoms with Crippen LogP contribution in [0.25, 0.3) is 16.9 Å². The van der Waals surface area contributed by atoms with Gasteiger partial charge in [-0.25, -0.2) is 23.1 Å². The van der Waals surface area contributed by atoms with Crippen molar-refractivity contribution in [3.05, 3.63) is 96.8 Å². The predicted molar refractivity (Wildman–Crippen MR) is 144 cm³/mol. The van der Waals surface area contributed by atoms with Crippen molar-refractivity contribution in [3.63, 3.8) is 0 Å². The number of aromatic nitrogens is 4. The molecule has 208 valence electrons. The van der Waals surface area contributed by atoms with Crippen LogP contribution in [0.5, 0.6) is 0 Å². The minimum Gasteiger partial charge on any atom is -0.373 e. The van der Waals surface area contributed by atoms with Crippen LogP contribution in [0.3, 0.4) is 0 Å². The second-order valence-electron chi connectivity index (χ2n) is 10.7. The highest BCUT2D eigenvalue weighted by Gasteiger charge is 2.46. The number of ether oxygens (including phenoxy) is 1. The van der Waals surface area contributed by atoms with Gasteiger partial charge in [0.25, 0.3) is 17.0 Å². The molecule has 2 atom stereocenters. The van der Waals surface area contributed by atoms with Crippen LogP contribution in [0, 0.1) is 19.7 Å². The monoisotopic (exact) mass is 570 g/mol. The van der Waals surface area contributed by atoms with Crippen LogP contribution in [-0.4, -0.2) is 31.5 Å². The van der Waals surface area contributed by atoms with E-state index < -0.39 is 23.9 Å². The number of alkyl halides is 2. The van der Waals surface area contributed by atoms with Crippen LogP contribution in [0.4, 0.5) is 13.2 Å². The molecule has 1 saturated carbocycles. The van der Waals surface area contributed by atoms with Gasteiger partial charge in [0, 0.05) is 71.7 Å². The molecule has 0 amide bonds. The number of fused-ring (bicyclic) bond motifs is 1. The highest BCUT2D eigenvalue weighted by atomic mass is 35.5. The largest absolute Gasteiger partial charge is 0.373 e. The Bertz CT molecular complexity index is 1760. The van der Waals surface area contributed by atoms with Crippen molar-refractivity contribution in [1.29, 1.82) is 0 Å². The maximum Gasteiger partial charge on any atom is 0.261 e. The summed E-state index contributed by atoms with van der Waals surface area (Å²) in [7, 11) is 0. The van der Waals surface area contributed by atoms with Gasteiger partial charge in [0.15, 0.2) is 5.65 Å². The van der Waals surface area contributed by atoms with Crippen molar-refractivity contribution < 1.29 is 17.9 Å². The average molecular weight is 571 g/mol. The third-order valence-electron chi connectivity index (χ3n) is 7.98. The second-order valence-corrected chi connectivity index (χ2v) is 11.1. The lowest BCUT2D eigenvalue weighted by atomic mass is 9.87. The molecular formula is C29H26ClF3N4O3. The fourth-order valence-corrected chi connectivity index (χ4v) is 5.69. The fourth-order valence-electron chi connectivity index (χ4n) is 5.53. The van der Waals surface area contributed by atoms with Crippen LogP contribution in [-0.2, 0) is 4.74 Å². The number of hydrogen-bond acceptors (Lipinski definition) is 5. The Morgan fingerprint density at radius 1 is 1.07 bits per heavy atom. The van der Waals surface area contributed by atoms with E-state index in [2.05, 4.69) is 4.98 Å². The van der Waals surface area contributed by atoms with Crippen molar-refractivity contribution >= 4 is 17.2 Å². The van der Waals surface area contributed by atoms with Gasteiger partial charge in [-0.1, -0.05) is 11.6 Å².